The van der Waals surface area contributed by atoms with Crippen molar-refractivity contribution < 1.29 is 29.4 Å². The van der Waals surface area contributed by atoms with Crippen molar-refractivity contribution in [3.8, 4) is 0 Å². The van der Waals surface area contributed by atoms with Gasteiger partial charge in [-0.1, -0.05) is 77.6 Å². The predicted molar refractivity (Wildman–Crippen MR) is 86.9 cm³/mol. The molecule has 0 amide bonds. The van der Waals surface area contributed by atoms with Gasteiger partial charge in [-0.2, -0.15) is 12.8 Å². The molecule has 122 valence electrons. The smallest absolute Gasteiger partial charge is 0.303 e. The van der Waals surface area contributed by atoms with Crippen molar-refractivity contribution in [1.82, 2.24) is 0 Å². The summed E-state index contributed by atoms with van der Waals surface area (Å²) in [7, 11) is 0. The summed E-state index contributed by atoms with van der Waals surface area (Å²) in [5, 5.41) is 8.52. The van der Waals surface area contributed by atoms with Crippen molar-refractivity contribution in [2.45, 2.75) is 103 Å². The molecule has 0 aliphatic heterocycles. The second kappa shape index (κ2) is 20.1. The van der Waals surface area contributed by atoms with Gasteiger partial charge in [-0.25, -0.2) is 0 Å². The maximum Gasteiger partial charge on any atom is 0.303 e. The summed E-state index contributed by atoms with van der Waals surface area (Å²) in [4.78, 5) is 10.3. The molecule has 0 saturated heterocycles. The Morgan fingerprint density at radius 2 is 1.14 bits per heavy atom. The molecule has 0 bridgehead atoms. The first-order valence-corrected chi connectivity index (χ1v) is 8.80. The molecule has 0 radical (unpaired) electrons. The Kier molecular flexibility index (Phi) is 22.4. The number of carbonyl (C=O) groups is 1. The summed E-state index contributed by atoms with van der Waals surface area (Å²) in [6.45, 7) is 2.21. The first-order valence-electron chi connectivity index (χ1n) is 8.80. The molecule has 0 aromatic rings. The fourth-order valence-electron chi connectivity index (χ4n) is 2.54. The molecule has 0 fully saturated rings. The van der Waals surface area contributed by atoms with Crippen molar-refractivity contribution in [1.29, 1.82) is 0 Å². The number of aliphatic carboxylic acids is 1. The van der Waals surface area contributed by atoms with E-state index < -0.39 is 5.97 Å². The van der Waals surface area contributed by atoms with E-state index >= 15 is 0 Å². The number of rotatable bonds is 16. The van der Waals surface area contributed by atoms with Crippen LogP contribution in [0.3, 0.4) is 0 Å². The van der Waals surface area contributed by atoms with E-state index in [1.807, 2.05) is 0 Å². The minimum atomic E-state index is -0.655. The summed E-state index contributed by atoms with van der Waals surface area (Å²) < 4.78 is 0. The average molecular weight is 349 g/mol. The normalized spacial score (nSPS) is 10.3. The van der Waals surface area contributed by atoms with E-state index in [0.717, 1.165) is 12.8 Å². The van der Waals surface area contributed by atoms with Crippen LogP contribution in [0.25, 0.3) is 0 Å². The van der Waals surface area contributed by atoms with Gasteiger partial charge in [-0.15, -0.1) is 0 Å². The molecule has 0 aliphatic rings. The van der Waals surface area contributed by atoms with E-state index in [9.17, 15) is 4.79 Å². The van der Waals surface area contributed by atoms with Gasteiger partial charge in [-0.05, 0) is 6.42 Å². The molecule has 0 aromatic carbocycles. The molecule has 3 heteroatoms. The monoisotopic (exact) mass is 347 g/mol. The molecule has 0 aliphatic carbocycles. The van der Waals surface area contributed by atoms with Crippen molar-refractivity contribution in [2.75, 3.05) is 0 Å². The summed E-state index contributed by atoms with van der Waals surface area (Å²) in [5.74, 6) is -0.655. The van der Waals surface area contributed by atoms with Gasteiger partial charge in [0, 0.05) is 25.9 Å². The fourth-order valence-corrected chi connectivity index (χ4v) is 2.54. The molecular weight excluding hydrogens is 314 g/mol. The molecule has 0 atom stereocenters. The Morgan fingerprint density at radius 3 is 1.52 bits per heavy atom. The maximum atomic E-state index is 10.3. The van der Waals surface area contributed by atoms with Gasteiger partial charge < -0.3 is 11.5 Å². The number of carboxylic acids is 1. The van der Waals surface area contributed by atoms with Crippen molar-refractivity contribution >= 4 is 5.97 Å². The molecule has 1 N–H and O–H groups in total. The SMILES string of the molecule is CC[CH-]CCCCCCCCCCCCCCC(=O)O.[Zn]. The van der Waals surface area contributed by atoms with Gasteiger partial charge in [0.15, 0.2) is 0 Å². The van der Waals surface area contributed by atoms with Gasteiger partial charge in [0.2, 0.25) is 0 Å². The summed E-state index contributed by atoms with van der Waals surface area (Å²) in [5.41, 5.74) is 0. The van der Waals surface area contributed by atoms with Crippen LogP contribution in [0.5, 0.6) is 0 Å². The van der Waals surface area contributed by atoms with E-state index in [1.165, 1.54) is 77.0 Å². The number of hydrogen-bond acceptors (Lipinski definition) is 1. The molecule has 0 heterocycles. The van der Waals surface area contributed by atoms with Crippen LogP contribution < -0.4 is 0 Å². The number of hydrogen-bond donors (Lipinski definition) is 1. The van der Waals surface area contributed by atoms with Gasteiger partial charge in [-0.3, -0.25) is 4.79 Å². The van der Waals surface area contributed by atoms with Crippen LogP contribution in [0.2, 0.25) is 0 Å². The quantitative estimate of drug-likeness (QED) is 0.206. The van der Waals surface area contributed by atoms with Crippen LogP contribution >= 0.6 is 0 Å². The second-order valence-corrected chi connectivity index (χ2v) is 5.87. The maximum absolute atomic E-state index is 10.3. The van der Waals surface area contributed by atoms with E-state index in [2.05, 4.69) is 13.3 Å². The Hall–Kier alpha value is 0.0934. The van der Waals surface area contributed by atoms with Crippen molar-refractivity contribution in [3.63, 3.8) is 0 Å². The van der Waals surface area contributed by atoms with Gasteiger partial charge in [0.1, 0.15) is 0 Å². The zero-order valence-corrected chi connectivity index (χ0v) is 17.2. The molecule has 21 heavy (non-hydrogen) atoms. The molecule has 0 unspecified atom stereocenters. The zero-order valence-electron chi connectivity index (χ0n) is 14.2. The van der Waals surface area contributed by atoms with Crippen LogP contribution in [-0.2, 0) is 24.3 Å². The van der Waals surface area contributed by atoms with Gasteiger partial charge in [0.05, 0.1) is 0 Å². The van der Waals surface area contributed by atoms with Gasteiger partial charge in [0.25, 0.3) is 0 Å². The van der Waals surface area contributed by atoms with E-state index in [4.69, 9.17) is 5.11 Å². The first-order chi connectivity index (χ1) is 9.77. The number of carboxylic acid groups (broad SMARTS) is 1. The van der Waals surface area contributed by atoms with Crippen molar-refractivity contribution in [3.05, 3.63) is 6.42 Å². The Bertz CT molecular complexity index is 207. The molecular formula is C18H35O2Zn-. The Labute approximate surface area is 145 Å². The van der Waals surface area contributed by atoms with E-state index in [-0.39, 0.29) is 19.5 Å². The summed E-state index contributed by atoms with van der Waals surface area (Å²) in [6.07, 6.45) is 20.8. The van der Waals surface area contributed by atoms with Crippen LogP contribution in [0.15, 0.2) is 0 Å². The summed E-state index contributed by atoms with van der Waals surface area (Å²) >= 11 is 0. The van der Waals surface area contributed by atoms with Crippen LogP contribution in [0.4, 0.5) is 0 Å². The minimum Gasteiger partial charge on any atom is -0.481 e. The predicted octanol–water partition coefficient (Wildman–Crippen LogP) is 6.14. The van der Waals surface area contributed by atoms with Crippen LogP contribution in [-0.4, -0.2) is 11.1 Å². The molecule has 0 saturated carbocycles. The third-order valence-corrected chi connectivity index (χ3v) is 3.84. The van der Waals surface area contributed by atoms with E-state index in [1.54, 1.807) is 0 Å². The zero-order chi connectivity index (χ0) is 14.9. The molecule has 2 nitrogen and oxygen atoms in total. The average Bonchev–Trinajstić information content (AvgIpc) is 2.43. The fraction of sp³-hybridized carbons (Fsp3) is 0.889. The third-order valence-electron chi connectivity index (χ3n) is 3.84. The van der Waals surface area contributed by atoms with E-state index in [0.29, 0.717) is 6.42 Å². The molecule has 0 spiro atoms. The largest absolute Gasteiger partial charge is 0.481 e. The molecule has 0 rings (SSSR count). The molecule has 0 aromatic heterocycles. The number of unbranched alkanes of at least 4 members (excludes halogenated alkanes) is 14. The third kappa shape index (κ3) is 22.5. The van der Waals surface area contributed by atoms with Crippen molar-refractivity contribution in [2.24, 2.45) is 0 Å². The first kappa shape index (κ1) is 23.4. The Morgan fingerprint density at radius 1 is 0.762 bits per heavy atom. The minimum absolute atomic E-state index is 0. The topological polar surface area (TPSA) is 37.3 Å². The standard InChI is InChI=1S/C18H35O2.Zn/c1-2-3-4-5-6-7-8-9-10-11-12-13-14-15-16-17-18(19)20;/h3H,2,4-17H2,1H3,(H,19,20);/q-1;. The van der Waals surface area contributed by atoms with Crippen LogP contribution in [0.1, 0.15) is 103 Å². The second-order valence-electron chi connectivity index (χ2n) is 5.87. The summed E-state index contributed by atoms with van der Waals surface area (Å²) in [6, 6.07) is 0. The Balaban J connectivity index is 0. The van der Waals surface area contributed by atoms with Gasteiger partial charge >= 0.3 is 5.97 Å². The van der Waals surface area contributed by atoms with Crippen LogP contribution in [0, 0.1) is 6.42 Å².